The number of methoxy groups -OCH3 is 1. The predicted molar refractivity (Wildman–Crippen MR) is 65.4 cm³/mol. The van der Waals surface area contributed by atoms with E-state index in [9.17, 15) is 0 Å². The lowest BCUT2D eigenvalue weighted by atomic mass is 10.2. The van der Waals surface area contributed by atoms with Crippen LogP contribution in [0, 0.1) is 6.92 Å². The first-order chi connectivity index (χ1) is 7.78. The van der Waals surface area contributed by atoms with Crippen molar-refractivity contribution in [1.82, 2.24) is 0 Å². The molecule has 2 rings (SSSR count). The summed E-state index contributed by atoms with van der Waals surface area (Å²) in [6, 6.07) is 11.8. The number of hydrogen-bond acceptors (Lipinski definition) is 2. The summed E-state index contributed by atoms with van der Waals surface area (Å²) in [6.07, 6.45) is 3.96. The highest BCUT2D eigenvalue weighted by Crippen LogP contribution is 2.14. The van der Waals surface area contributed by atoms with Gasteiger partial charge in [0.05, 0.1) is 7.11 Å². The zero-order valence-corrected chi connectivity index (χ0v) is 9.44. The van der Waals surface area contributed by atoms with E-state index in [1.54, 1.807) is 7.11 Å². The molecule has 0 saturated heterocycles. The molecule has 82 valence electrons. The summed E-state index contributed by atoms with van der Waals surface area (Å²) in [4.78, 5) is 0. The molecular formula is C14H14O2. The van der Waals surface area contributed by atoms with E-state index >= 15 is 0 Å². The molecule has 0 aliphatic rings. The Balaban J connectivity index is 2.11. The maximum Gasteiger partial charge on any atom is 0.127 e. The smallest absolute Gasteiger partial charge is 0.127 e. The third kappa shape index (κ3) is 2.54. The van der Waals surface area contributed by atoms with Crippen LogP contribution < -0.4 is 4.74 Å². The first kappa shape index (κ1) is 10.6. The molecule has 0 N–H and O–H groups in total. The Morgan fingerprint density at radius 3 is 2.31 bits per heavy atom. The Labute approximate surface area is 95.2 Å². The molecule has 2 heteroatoms. The van der Waals surface area contributed by atoms with E-state index in [-0.39, 0.29) is 0 Å². The summed E-state index contributed by atoms with van der Waals surface area (Å²) in [5, 5.41) is 0. The third-order valence-corrected chi connectivity index (χ3v) is 2.32. The zero-order valence-electron chi connectivity index (χ0n) is 9.44. The van der Waals surface area contributed by atoms with E-state index in [2.05, 4.69) is 0 Å². The van der Waals surface area contributed by atoms with Crippen LogP contribution in [0.4, 0.5) is 0 Å². The van der Waals surface area contributed by atoms with Gasteiger partial charge in [0.1, 0.15) is 17.3 Å². The Morgan fingerprint density at radius 2 is 1.75 bits per heavy atom. The van der Waals surface area contributed by atoms with Crippen molar-refractivity contribution in [3.8, 4) is 5.75 Å². The van der Waals surface area contributed by atoms with Crippen molar-refractivity contribution in [3.05, 3.63) is 53.5 Å². The van der Waals surface area contributed by atoms with E-state index in [1.165, 1.54) is 0 Å². The minimum Gasteiger partial charge on any atom is -0.497 e. The van der Waals surface area contributed by atoms with Gasteiger partial charge in [0, 0.05) is 0 Å². The molecule has 0 saturated carbocycles. The highest BCUT2D eigenvalue weighted by molar-refractivity contribution is 5.67. The van der Waals surface area contributed by atoms with Gasteiger partial charge in [0.15, 0.2) is 0 Å². The van der Waals surface area contributed by atoms with Crippen molar-refractivity contribution in [2.45, 2.75) is 6.92 Å². The topological polar surface area (TPSA) is 22.4 Å². The molecule has 2 nitrogen and oxygen atoms in total. The minimum absolute atomic E-state index is 0.867. The molecule has 0 radical (unpaired) electrons. The minimum atomic E-state index is 0.867. The van der Waals surface area contributed by atoms with Gasteiger partial charge in [-0.1, -0.05) is 18.2 Å². The molecule has 0 fully saturated rings. The van der Waals surface area contributed by atoms with E-state index in [1.807, 2.05) is 55.5 Å². The van der Waals surface area contributed by atoms with E-state index in [0.29, 0.717) is 0 Å². The SMILES string of the molecule is COc1ccc(/C=C/c2ccc(C)o2)cc1. The van der Waals surface area contributed by atoms with Crippen LogP contribution >= 0.6 is 0 Å². The van der Waals surface area contributed by atoms with Crippen molar-refractivity contribution in [2.75, 3.05) is 7.11 Å². The monoisotopic (exact) mass is 214 g/mol. The summed E-state index contributed by atoms with van der Waals surface area (Å²) in [5.41, 5.74) is 1.12. The van der Waals surface area contributed by atoms with Crippen LogP contribution in [0.1, 0.15) is 17.1 Å². The molecule has 1 aromatic carbocycles. The zero-order chi connectivity index (χ0) is 11.4. The van der Waals surface area contributed by atoms with Crippen molar-refractivity contribution in [1.29, 1.82) is 0 Å². The fraction of sp³-hybridized carbons (Fsp3) is 0.143. The number of furan rings is 1. The predicted octanol–water partition coefficient (Wildman–Crippen LogP) is 3.77. The van der Waals surface area contributed by atoms with Crippen LogP contribution in [0.25, 0.3) is 12.2 Å². The second kappa shape index (κ2) is 4.71. The van der Waals surface area contributed by atoms with Gasteiger partial charge in [0.2, 0.25) is 0 Å². The molecule has 0 amide bonds. The lowest BCUT2D eigenvalue weighted by molar-refractivity contribution is 0.415. The normalized spacial score (nSPS) is 10.9. The number of benzene rings is 1. The molecular weight excluding hydrogens is 200 g/mol. The summed E-state index contributed by atoms with van der Waals surface area (Å²) in [6.45, 7) is 1.94. The summed E-state index contributed by atoms with van der Waals surface area (Å²) in [7, 11) is 1.66. The highest BCUT2D eigenvalue weighted by Gasteiger charge is 1.93. The van der Waals surface area contributed by atoms with Gasteiger partial charge in [-0.3, -0.25) is 0 Å². The van der Waals surface area contributed by atoms with E-state index < -0.39 is 0 Å². The largest absolute Gasteiger partial charge is 0.497 e. The average molecular weight is 214 g/mol. The second-order valence-corrected chi connectivity index (χ2v) is 3.55. The van der Waals surface area contributed by atoms with Gasteiger partial charge in [-0.15, -0.1) is 0 Å². The van der Waals surface area contributed by atoms with Gasteiger partial charge in [0.25, 0.3) is 0 Å². The number of hydrogen-bond donors (Lipinski definition) is 0. The standard InChI is InChI=1S/C14H14O2/c1-11-3-7-14(16-11)10-6-12-4-8-13(15-2)9-5-12/h3-10H,1-2H3/b10-6+. The van der Waals surface area contributed by atoms with Crippen molar-refractivity contribution >= 4 is 12.2 Å². The maximum atomic E-state index is 5.44. The fourth-order valence-corrected chi connectivity index (χ4v) is 1.44. The molecule has 0 unspecified atom stereocenters. The van der Waals surface area contributed by atoms with Gasteiger partial charge in [-0.2, -0.15) is 0 Å². The molecule has 1 heterocycles. The second-order valence-electron chi connectivity index (χ2n) is 3.55. The van der Waals surface area contributed by atoms with Crippen LogP contribution in [0.3, 0.4) is 0 Å². The lowest BCUT2D eigenvalue weighted by Crippen LogP contribution is -1.81. The molecule has 0 spiro atoms. The van der Waals surface area contributed by atoms with Crippen LogP contribution in [0.5, 0.6) is 5.75 Å². The van der Waals surface area contributed by atoms with E-state index in [4.69, 9.17) is 9.15 Å². The van der Waals surface area contributed by atoms with Crippen LogP contribution in [-0.4, -0.2) is 7.11 Å². The Hall–Kier alpha value is -1.96. The van der Waals surface area contributed by atoms with Crippen molar-refractivity contribution < 1.29 is 9.15 Å². The lowest BCUT2D eigenvalue weighted by Gasteiger charge is -1.98. The van der Waals surface area contributed by atoms with Crippen molar-refractivity contribution in [2.24, 2.45) is 0 Å². The number of ether oxygens (including phenoxy) is 1. The Kier molecular flexibility index (Phi) is 3.10. The summed E-state index contributed by atoms with van der Waals surface area (Å²) < 4.78 is 10.5. The number of aryl methyl sites for hydroxylation is 1. The fourth-order valence-electron chi connectivity index (χ4n) is 1.44. The van der Waals surface area contributed by atoms with Crippen LogP contribution in [-0.2, 0) is 0 Å². The Bertz CT molecular complexity index is 478. The van der Waals surface area contributed by atoms with Gasteiger partial charge < -0.3 is 9.15 Å². The van der Waals surface area contributed by atoms with Crippen molar-refractivity contribution in [3.63, 3.8) is 0 Å². The molecule has 1 aromatic heterocycles. The van der Waals surface area contributed by atoms with E-state index in [0.717, 1.165) is 22.8 Å². The molecule has 0 atom stereocenters. The molecule has 0 aliphatic heterocycles. The first-order valence-corrected chi connectivity index (χ1v) is 5.16. The average Bonchev–Trinajstić information content (AvgIpc) is 2.73. The number of rotatable bonds is 3. The quantitative estimate of drug-likeness (QED) is 0.776. The highest BCUT2D eigenvalue weighted by atomic mass is 16.5. The molecule has 0 bridgehead atoms. The van der Waals surface area contributed by atoms with Gasteiger partial charge in [-0.05, 0) is 42.8 Å². The molecule has 0 aliphatic carbocycles. The first-order valence-electron chi connectivity index (χ1n) is 5.16. The third-order valence-electron chi connectivity index (χ3n) is 2.32. The van der Waals surface area contributed by atoms with Gasteiger partial charge in [-0.25, -0.2) is 0 Å². The summed E-state index contributed by atoms with van der Waals surface area (Å²) >= 11 is 0. The molecule has 2 aromatic rings. The van der Waals surface area contributed by atoms with Crippen LogP contribution in [0.15, 0.2) is 40.8 Å². The van der Waals surface area contributed by atoms with Crippen LogP contribution in [0.2, 0.25) is 0 Å². The summed E-state index contributed by atoms with van der Waals surface area (Å²) in [5.74, 6) is 2.66. The molecule has 16 heavy (non-hydrogen) atoms. The Morgan fingerprint density at radius 1 is 1.00 bits per heavy atom. The van der Waals surface area contributed by atoms with Gasteiger partial charge >= 0.3 is 0 Å². The maximum absolute atomic E-state index is 5.44.